The van der Waals surface area contributed by atoms with Crippen molar-refractivity contribution in [1.82, 2.24) is 9.13 Å². The molecule has 1 amide bonds. The summed E-state index contributed by atoms with van der Waals surface area (Å²) in [6.45, 7) is -0.915. The van der Waals surface area contributed by atoms with Gasteiger partial charge < -0.3 is 14.8 Å². The number of nitrogens with one attached hydrogen (secondary N) is 1. The number of ether oxygens (including phenoxy) is 2. The summed E-state index contributed by atoms with van der Waals surface area (Å²) >= 11 is 0. The first kappa shape index (κ1) is 18.0. The Balaban J connectivity index is 1.86. The summed E-state index contributed by atoms with van der Waals surface area (Å²) in [6.07, 6.45) is 0. The Morgan fingerprint density at radius 3 is 2.40 bits per heavy atom. The van der Waals surface area contributed by atoms with Crippen molar-refractivity contribution in [2.75, 3.05) is 18.5 Å². The fraction of sp³-hybridized carbons (Fsp3) is 0.250. The van der Waals surface area contributed by atoms with Crippen molar-refractivity contribution in [2.24, 2.45) is 14.1 Å². The van der Waals surface area contributed by atoms with Crippen LogP contribution in [0.4, 0.5) is 5.82 Å². The van der Waals surface area contributed by atoms with Gasteiger partial charge in [-0.25, -0.2) is 9.59 Å². The lowest BCUT2D eigenvalue weighted by atomic mass is 10.3. The Labute approximate surface area is 142 Å². The van der Waals surface area contributed by atoms with Gasteiger partial charge in [0.25, 0.3) is 11.5 Å². The highest BCUT2D eigenvalue weighted by atomic mass is 16.6. The molecule has 2 rings (SSSR count). The molecule has 1 aromatic heterocycles. The van der Waals surface area contributed by atoms with E-state index in [0.717, 1.165) is 15.2 Å². The van der Waals surface area contributed by atoms with Gasteiger partial charge in [0, 0.05) is 20.2 Å². The SMILES string of the molecule is Cn1c(NC(=O)COC(=O)COc2ccccc2)cc(=O)n(C)c1=O. The van der Waals surface area contributed by atoms with Crippen LogP contribution in [-0.4, -0.2) is 34.2 Å². The van der Waals surface area contributed by atoms with Crippen LogP contribution in [0.25, 0.3) is 0 Å². The monoisotopic (exact) mass is 347 g/mol. The molecule has 0 saturated carbocycles. The molecule has 0 fully saturated rings. The van der Waals surface area contributed by atoms with Gasteiger partial charge in [-0.1, -0.05) is 18.2 Å². The standard InChI is InChI=1S/C16H17N3O6/c1-18-12(8-14(21)19(2)16(18)23)17-13(20)9-25-15(22)10-24-11-6-4-3-5-7-11/h3-8H,9-10H2,1-2H3,(H,17,20). The number of benzene rings is 1. The number of anilines is 1. The first-order valence-corrected chi connectivity index (χ1v) is 7.29. The highest BCUT2D eigenvalue weighted by molar-refractivity contribution is 5.92. The molecule has 1 aromatic carbocycles. The minimum atomic E-state index is -0.725. The van der Waals surface area contributed by atoms with Gasteiger partial charge >= 0.3 is 11.7 Å². The lowest BCUT2D eigenvalue weighted by Gasteiger charge is -2.11. The molecular weight excluding hydrogens is 330 g/mol. The Morgan fingerprint density at radius 1 is 1.04 bits per heavy atom. The van der Waals surface area contributed by atoms with Gasteiger partial charge in [0.05, 0.1) is 0 Å². The zero-order chi connectivity index (χ0) is 18.4. The minimum absolute atomic E-state index is 0.00897. The van der Waals surface area contributed by atoms with Gasteiger partial charge in [0.2, 0.25) is 0 Å². The molecule has 0 aliphatic heterocycles. The van der Waals surface area contributed by atoms with Gasteiger partial charge in [-0.05, 0) is 12.1 Å². The van der Waals surface area contributed by atoms with Crippen LogP contribution in [0.1, 0.15) is 0 Å². The summed E-state index contributed by atoms with van der Waals surface area (Å²) < 4.78 is 12.0. The molecule has 0 atom stereocenters. The Bertz CT molecular complexity index is 885. The highest BCUT2D eigenvalue weighted by Gasteiger charge is 2.12. The van der Waals surface area contributed by atoms with Gasteiger partial charge in [0.15, 0.2) is 13.2 Å². The third kappa shape index (κ3) is 4.80. The molecule has 1 N–H and O–H groups in total. The molecule has 0 radical (unpaired) electrons. The van der Waals surface area contributed by atoms with Crippen molar-refractivity contribution >= 4 is 17.7 Å². The highest BCUT2D eigenvalue weighted by Crippen LogP contribution is 2.07. The Hall–Kier alpha value is -3.36. The predicted octanol–water partition coefficient (Wildman–Crippen LogP) is -0.355. The number of carbonyl (C=O) groups is 2. The number of esters is 1. The largest absolute Gasteiger partial charge is 0.482 e. The average molecular weight is 347 g/mol. The van der Waals surface area contributed by atoms with E-state index in [1.807, 2.05) is 0 Å². The third-order valence-corrected chi connectivity index (χ3v) is 3.26. The maximum atomic E-state index is 11.8. The first-order valence-electron chi connectivity index (χ1n) is 7.29. The van der Waals surface area contributed by atoms with Crippen LogP contribution >= 0.6 is 0 Å². The van der Waals surface area contributed by atoms with E-state index in [9.17, 15) is 19.2 Å². The van der Waals surface area contributed by atoms with Crippen LogP contribution < -0.4 is 21.3 Å². The van der Waals surface area contributed by atoms with E-state index in [1.54, 1.807) is 30.3 Å². The fourth-order valence-electron chi connectivity index (χ4n) is 1.88. The third-order valence-electron chi connectivity index (χ3n) is 3.26. The molecule has 1 heterocycles. The van der Waals surface area contributed by atoms with Crippen LogP contribution in [0.15, 0.2) is 46.0 Å². The minimum Gasteiger partial charge on any atom is -0.482 e. The summed E-state index contributed by atoms with van der Waals surface area (Å²) in [5.41, 5.74) is -1.15. The summed E-state index contributed by atoms with van der Waals surface area (Å²) in [6, 6.07) is 9.76. The Kier molecular flexibility index (Phi) is 5.72. The van der Waals surface area contributed by atoms with Gasteiger partial charge in [-0.3, -0.25) is 18.7 Å². The van der Waals surface area contributed by atoms with Crippen LogP contribution in [-0.2, 0) is 28.4 Å². The summed E-state index contributed by atoms with van der Waals surface area (Å²) in [5, 5.41) is 2.34. The Morgan fingerprint density at radius 2 is 1.72 bits per heavy atom. The number of para-hydroxylation sites is 1. The number of rotatable bonds is 6. The zero-order valence-electron chi connectivity index (χ0n) is 13.7. The number of amides is 1. The second kappa shape index (κ2) is 7.95. The van der Waals surface area contributed by atoms with Gasteiger partial charge in [0.1, 0.15) is 11.6 Å². The predicted molar refractivity (Wildman–Crippen MR) is 88.4 cm³/mol. The lowest BCUT2D eigenvalue weighted by Crippen LogP contribution is -2.38. The number of hydrogen-bond acceptors (Lipinski definition) is 6. The molecule has 0 bridgehead atoms. The van der Waals surface area contributed by atoms with Crippen molar-refractivity contribution < 1.29 is 19.1 Å². The molecule has 2 aromatic rings. The maximum Gasteiger partial charge on any atom is 0.344 e. The molecule has 0 spiro atoms. The molecular formula is C16H17N3O6. The van der Waals surface area contributed by atoms with Crippen molar-refractivity contribution in [3.8, 4) is 5.75 Å². The summed E-state index contributed by atoms with van der Waals surface area (Å²) in [7, 11) is 2.72. The van der Waals surface area contributed by atoms with Crippen molar-refractivity contribution in [3.05, 3.63) is 57.2 Å². The van der Waals surface area contributed by atoms with E-state index >= 15 is 0 Å². The zero-order valence-corrected chi connectivity index (χ0v) is 13.7. The topological polar surface area (TPSA) is 109 Å². The molecule has 9 nitrogen and oxygen atoms in total. The number of nitrogens with zero attached hydrogens (tertiary/aromatic N) is 2. The van der Waals surface area contributed by atoms with E-state index in [-0.39, 0.29) is 12.4 Å². The molecule has 132 valence electrons. The van der Waals surface area contributed by atoms with Crippen molar-refractivity contribution in [1.29, 1.82) is 0 Å². The average Bonchev–Trinajstić information content (AvgIpc) is 2.61. The van der Waals surface area contributed by atoms with Crippen LogP contribution in [0.3, 0.4) is 0 Å². The van der Waals surface area contributed by atoms with Crippen LogP contribution in [0.2, 0.25) is 0 Å². The van der Waals surface area contributed by atoms with E-state index in [1.165, 1.54) is 14.1 Å². The molecule has 0 aliphatic rings. The molecule has 0 saturated heterocycles. The van der Waals surface area contributed by atoms with E-state index in [4.69, 9.17) is 9.47 Å². The second-order valence-corrected chi connectivity index (χ2v) is 5.08. The van der Waals surface area contributed by atoms with Gasteiger partial charge in [-0.15, -0.1) is 0 Å². The van der Waals surface area contributed by atoms with E-state index < -0.39 is 29.7 Å². The van der Waals surface area contributed by atoms with Crippen LogP contribution in [0, 0.1) is 0 Å². The summed E-state index contributed by atoms with van der Waals surface area (Å²) in [5.74, 6) is -0.901. The van der Waals surface area contributed by atoms with Crippen LogP contribution in [0.5, 0.6) is 5.75 Å². The molecule has 0 aliphatic carbocycles. The van der Waals surface area contributed by atoms with Crippen molar-refractivity contribution in [3.63, 3.8) is 0 Å². The normalized spacial score (nSPS) is 10.2. The molecule has 9 heteroatoms. The van der Waals surface area contributed by atoms with E-state index in [2.05, 4.69) is 5.32 Å². The summed E-state index contributed by atoms with van der Waals surface area (Å²) in [4.78, 5) is 46.7. The second-order valence-electron chi connectivity index (χ2n) is 5.08. The lowest BCUT2D eigenvalue weighted by molar-refractivity contribution is -0.149. The molecule has 0 unspecified atom stereocenters. The van der Waals surface area contributed by atoms with E-state index in [0.29, 0.717) is 5.75 Å². The first-order chi connectivity index (χ1) is 11.9. The molecule has 25 heavy (non-hydrogen) atoms. The fourth-order valence-corrected chi connectivity index (χ4v) is 1.88. The number of aromatic nitrogens is 2. The van der Waals surface area contributed by atoms with Gasteiger partial charge in [-0.2, -0.15) is 0 Å². The maximum absolute atomic E-state index is 11.8. The van der Waals surface area contributed by atoms with Crippen molar-refractivity contribution in [2.45, 2.75) is 0 Å². The quantitative estimate of drug-likeness (QED) is 0.715. The smallest absolute Gasteiger partial charge is 0.344 e. The number of hydrogen-bond donors (Lipinski definition) is 1. The number of carbonyl (C=O) groups excluding carboxylic acids is 2.